The first kappa shape index (κ1) is 43.8. The summed E-state index contributed by atoms with van der Waals surface area (Å²) in [5, 5.41) is 9.19. The number of benzene rings is 2. The number of halogens is 2. The summed E-state index contributed by atoms with van der Waals surface area (Å²) in [7, 11) is -2.40. The maximum Gasteiger partial charge on any atom is -1.00 e. The summed E-state index contributed by atoms with van der Waals surface area (Å²) >= 11 is 1.74. The summed E-state index contributed by atoms with van der Waals surface area (Å²) in [5.41, 5.74) is 6.38. The molecular weight excluding hydrogens is 703 g/mol. The van der Waals surface area contributed by atoms with Gasteiger partial charge in [0.25, 0.3) is 0 Å². The first-order valence-corrected chi connectivity index (χ1v) is 29.8. The molecule has 0 radical (unpaired) electrons. The smallest absolute Gasteiger partial charge is 1.00 e. The average molecular weight is 763 g/mol. The normalized spacial score (nSPS) is 11.2. The van der Waals surface area contributed by atoms with Crippen molar-refractivity contribution in [2.75, 3.05) is 0 Å². The Hall–Kier alpha value is -0.226. The van der Waals surface area contributed by atoms with Crippen molar-refractivity contribution in [3.05, 3.63) is 70.8 Å². The molecule has 6 heteroatoms. The standard InChI is InChI=1S/2C18H27Si.C2H6Si.2ClH.Zr/c2*1-6-8-14-10-15(9-7-2)18-13-17(19(3,4)5)12-16(18)11-14;1-3-2;;;/h2*10-13H,6-9H2,1-5H3;1-2H3;2*1H;/q2*-1;;;;+2/p-2. The zero-order chi connectivity index (χ0) is 31.7. The van der Waals surface area contributed by atoms with E-state index in [4.69, 9.17) is 0 Å². The van der Waals surface area contributed by atoms with E-state index >= 15 is 0 Å². The van der Waals surface area contributed by atoms with E-state index in [1.54, 1.807) is 44.8 Å². The molecule has 244 valence electrons. The van der Waals surface area contributed by atoms with Crippen LogP contribution in [-0.2, 0) is 49.0 Å². The summed E-state index contributed by atoms with van der Waals surface area (Å²) in [6.45, 7) is 28.3. The number of aryl methyl sites for hydroxylation is 4. The number of hydrogen-bond acceptors (Lipinski definition) is 0. The van der Waals surface area contributed by atoms with Gasteiger partial charge < -0.3 is 24.8 Å². The molecule has 0 unspecified atom stereocenters. The Kier molecular flexibility index (Phi) is 20.1. The molecule has 44 heavy (non-hydrogen) atoms. The van der Waals surface area contributed by atoms with Crippen LogP contribution in [0.5, 0.6) is 0 Å². The Morgan fingerprint density at radius 1 is 0.545 bits per heavy atom. The minimum absolute atomic E-state index is 0. The molecule has 0 fully saturated rings. The van der Waals surface area contributed by atoms with Crippen molar-refractivity contribution in [2.24, 2.45) is 0 Å². The second-order valence-corrected chi connectivity index (χ2v) is 34.0. The summed E-state index contributed by atoms with van der Waals surface area (Å²) in [6, 6.07) is 19.6. The summed E-state index contributed by atoms with van der Waals surface area (Å²) < 4.78 is 0. The molecule has 4 aromatic carbocycles. The molecule has 0 N–H and O–H groups in total. The molecule has 0 amide bonds. The summed E-state index contributed by atoms with van der Waals surface area (Å²) in [5.74, 6) is 0. The van der Waals surface area contributed by atoms with Gasteiger partial charge in [-0.25, -0.2) is 0 Å². The molecule has 0 saturated heterocycles. The molecule has 0 saturated carbocycles. The Morgan fingerprint density at radius 3 is 1.09 bits per heavy atom. The zero-order valence-electron chi connectivity index (χ0n) is 30.0. The largest absolute Gasteiger partial charge is 1.00 e. The zero-order valence-corrected chi connectivity index (χ0v) is 37.0. The predicted octanol–water partition coefficient (Wildman–Crippen LogP) is 4.81. The molecule has 4 aromatic rings. The van der Waals surface area contributed by atoms with E-state index in [9.17, 15) is 0 Å². The molecule has 0 aliphatic rings. The Balaban J connectivity index is 0.000000720. The van der Waals surface area contributed by atoms with Gasteiger partial charge in [-0.3, -0.25) is 0 Å². The third-order valence-corrected chi connectivity index (χ3v) is 11.8. The van der Waals surface area contributed by atoms with Crippen LogP contribution in [0.3, 0.4) is 0 Å². The molecule has 0 aromatic heterocycles. The first-order chi connectivity index (χ1) is 19.6. The van der Waals surface area contributed by atoms with Crippen LogP contribution in [0, 0.1) is 0 Å². The molecule has 0 aliphatic heterocycles. The van der Waals surface area contributed by atoms with Gasteiger partial charge in [-0.15, -0.1) is 56.2 Å². The SMILES string of the molecule is CCCc1cc(CCC)c2cc([Si](C)(C)C)[cH-]c2c1.CCCc1cc(CCC)c2cc([Si](C)(C)C)[cH-]c2c1.C[Si](C)=[Zr+2].[Cl-].[Cl-]. The average Bonchev–Trinajstić information content (AvgIpc) is 3.50. The molecule has 0 nitrogen and oxygen atoms in total. The molecular formula is C38H60Cl2Si3Zr-2. The van der Waals surface area contributed by atoms with E-state index in [0.717, 1.165) is 0 Å². The van der Waals surface area contributed by atoms with E-state index in [2.05, 4.69) is 129 Å². The van der Waals surface area contributed by atoms with Crippen LogP contribution >= 0.6 is 0 Å². The third-order valence-electron chi connectivity index (χ3n) is 7.78. The van der Waals surface area contributed by atoms with Gasteiger partial charge in [-0.2, -0.15) is 12.1 Å². The Labute approximate surface area is 301 Å². The van der Waals surface area contributed by atoms with E-state index < -0.39 is 16.1 Å². The quantitative estimate of drug-likeness (QED) is 0.161. The van der Waals surface area contributed by atoms with Gasteiger partial charge in [0, 0.05) is 0 Å². The van der Waals surface area contributed by atoms with Crippen molar-refractivity contribution in [1.29, 1.82) is 0 Å². The van der Waals surface area contributed by atoms with Crippen LogP contribution in [-0.4, -0.2) is 21.6 Å². The Morgan fingerprint density at radius 2 is 0.841 bits per heavy atom. The summed E-state index contributed by atoms with van der Waals surface area (Å²) in [6.07, 6.45) is 9.78. The predicted molar refractivity (Wildman–Crippen MR) is 199 cm³/mol. The van der Waals surface area contributed by atoms with Crippen LogP contribution in [0.2, 0.25) is 52.4 Å². The molecule has 0 spiro atoms. The van der Waals surface area contributed by atoms with Crippen LogP contribution < -0.4 is 35.2 Å². The van der Waals surface area contributed by atoms with Gasteiger partial charge in [0.15, 0.2) is 0 Å². The van der Waals surface area contributed by atoms with Crippen LogP contribution in [0.15, 0.2) is 48.5 Å². The van der Waals surface area contributed by atoms with Crippen molar-refractivity contribution >= 4 is 53.5 Å². The summed E-state index contributed by atoms with van der Waals surface area (Å²) in [4.78, 5) is 0. The van der Waals surface area contributed by atoms with Crippen molar-refractivity contribution in [3.63, 3.8) is 0 Å². The molecule has 4 rings (SSSR count). The van der Waals surface area contributed by atoms with Gasteiger partial charge in [0.2, 0.25) is 0 Å². The maximum absolute atomic E-state index is 2.47. The van der Waals surface area contributed by atoms with Crippen LogP contribution in [0.4, 0.5) is 0 Å². The molecule has 0 heterocycles. The molecule has 0 aliphatic carbocycles. The minimum atomic E-state index is -1.20. The fraction of sp³-hybridized carbons (Fsp3) is 0.526. The van der Waals surface area contributed by atoms with Crippen molar-refractivity contribution in [3.8, 4) is 0 Å². The van der Waals surface area contributed by atoms with Crippen molar-refractivity contribution < 1.29 is 48.1 Å². The van der Waals surface area contributed by atoms with Gasteiger partial charge in [0.05, 0.1) is 16.1 Å². The number of hydrogen-bond donors (Lipinski definition) is 0. The van der Waals surface area contributed by atoms with E-state index in [-0.39, 0.29) is 30.2 Å². The van der Waals surface area contributed by atoms with E-state index in [1.807, 2.05) is 0 Å². The van der Waals surface area contributed by atoms with E-state index in [0.29, 0.717) is 0 Å². The fourth-order valence-electron chi connectivity index (χ4n) is 5.62. The molecule has 0 atom stereocenters. The van der Waals surface area contributed by atoms with Gasteiger partial charge in [-0.05, 0) is 25.7 Å². The van der Waals surface area contributed by atoms with Crippen molar-refractivity contribution in [2.45, 2.75) is 131 Å². The number of rotatable bonds is 10. The van der Waals surface area contributed by atoms with Crippen LogP contribution in [0.25, 0.3) is 21.5 Å². The minimum Gasteiger partial charge on any atom is -1.00 e. The Bertz CT molecular complexity index is 1330. The van der Waals surface area contributed by atoms with Gasteiger partial charge in [-0.1, -0.05) is 127 Å². The van der Waals surface area contributed by atoms with E-state index in [1.165, 1.54) is 84.0 Å². The topological polar surface area (TPSA) is 0 Å². The van der Waals surface area contributed by atoms with Gasteiger partial charge >= 0.3 is 41.9 Å². The number of fused-ring (bicyclic) bond motifs is 2. The van der Waals surface area contributed by atoms with Crippen molar-refractivity contribution in [1.82, 2.24) is 0 Å². The van der Waals surface area contributed by atoms with Gasteiger partial charge in [0.1, 0.15) is 0 Å². The monoisotopic (exact) mass is 760 g/mol. The first-order valence-electron chi connectivity index (χ1n) is 16.6. The second kappa shape index (κ2) is 20.2. The maximum atomic E-state index is 2.47. The van der Waals surface area contributed by atoms with Crippen LogP contribution in [0.1, 0.15) is 75.6 Å². The molecule has 0 bridgehead atoms. The second-order valence-electron chi connectivity index (χ2n) is 14.5. The fourth-order valence-corrected chi connectivity index (χ4v) is 7.95. The third kappa shape index (κ3) is 13.5.